The third-order valence-electron chi connectivity index (χ3n) is 5.71. The fraction of sp³-hybridized carbons (Fsp3) is 0.192. The number of hydrogen-bond donors (Lipinski definition) is 1. The first-order chi connectivity index (χ1) is 16.9. The molecule has 1 heterocycles. The van der Waals surface area contributed by atoms with Gasteiger partial charge < -0.3 is 15.0 Å². The van der Waals surface area contributed by atoms with Crippen molar-refractivity contribution in [1.29, 1.82) is 0 Å². The van der Waals surface area contributed by atoms with E-state index < -0.39 is 6.04 Å². The number of rotatable bonds is 8. The van der Waals surface area contributed by atoms with Crippen molar-refractivity contribution in [3.8, 4) is 5.75 Å². The maximum Gasteiger partial charge on any atom is 0.256 e. The zero-order valence-corrected chi connectivity index (χ0v) is 22.1. The first-order valence-corrected chi connectivity index (χ1v) is 12.5. The summed E-state index contributed by atoms with van der Waals surface area (Å²) in [5.74, 6) is 0.274. The van der Waals surface area contributed by atoms with E-state index in [4.69, 9.17) is 28.6 Å². The molecular formula is C26H23BrClN3O3S. The maximum absolute atomic E-state index is 13.5. The van der Waals surface area contributed by atoms with Crippen LogP contribution in [0.4, 0.5) is 11.4 Å². The lowest BCUT2D eigenvalue weighted by Crippen LogP contribution is -2.39. The molecule has 1 aliphatic rings. The molecule has 1 saturated heterocycles. The van der Waals surface area contributed by atoms with Crippen molar-refractivity contribution in [3.05, 3.63) is 87.9 Å². The molecule has 2 amide bonds. The van der Waals surface area contributed by atoms with Gasteiger partial charge in [0.15, 0.2) is 5.11 Å². The lowest BCUT2D eigenvalue weighted by atomic mass is 10.1. The summed E-state index contributed by atoms with van der Waals surface area (Å²) in [6.45, 7) is 0.483. The fourth-order valence-corrected chi connectivity index (χ4v) is 4.68. The van der Waals surface area contributed by atoms with Crippen LogP contribution in [-0.4, -0.2) is 41.5 Å². The van der Waals surface area contributed by atoms with Gasteiger partial charge in [-0.05, 0) is 84.9 Å². The number of anilines is 2. The number of nitrogens with one attached hydrogen (secondary N) is 1. The summed E-state index contributed by atoms with van der Waals surface area (Å²) in [5.41, 5.74) is 2.35. The van der Waals surface area contributed by atoms with Crippen LogP contribution in [0.5, 0.6) is 5.75 Å². The summed E-state index contributed by atoms with van der Waals surface area (Å²) in [4.78, 5) is 29.7. The first-order valence-electron chi connectivity index (χ1n) is 10.9. The molecule has 1 unspecified atom stereocenters. The van der Waals surface area contributed by atoms with E-state index in [1.54, 1.807) is 43.5 Å². The molecule has 35 heavy (non-hydrogen) atoms. The van der Waals surface area contributed by atoms with Crippen LogP contribution in [0.3, 0.4) is 0 Å². The smallest absolute Gasteiger partial charge is 0.256 e. The van der Waals surface area contributed by atoms with Crippen LogP contribution in [0.2, 0.25) is 5.02 Å². The minimum absolute atomic E-state index is 0.0261. The Kier molecular flexibility index (Phi) is 8.05. The van der Waals surface area contributed by atoms with Crippen LogP contribution in [0.1, 0.15) is 12.0 Å². The van der Waals surface area contributed by atoms with Gasteiger partial charge >= 0.3 is 0 Å². The van der Waals surface area contributed by atoms with Gasteiger partial charge in [0.2, 0.25) is 5.91 Å². The standard InChI is InChI=1S/C26H23BrClN3O3S/c1-34-22-12-2-17(3-13-22)14-15-30-23(16-24(32)29-20-8-4-18(27)5-9-20)25(33)31(26(30)35)21-10-6-19(28)7-11-21/h2-13,23H,14-16H2,1H3,(H,29,32). The molecule has 4 rings (SSSR count). The molecule has 3 aromatic rings. The summed E-state index contributed by atoms with van der Waals surface area (Å²) in [6.07, 6.45) is 0.623. The van der Waals surface area contributed by atoms with Crippen molar-refractivity contribution in [1.82, 2.24) is 4.90 Å². The number of methoxy groups -OCH3 is 1. The predicted molar refractivity (Wildman–Crippen MR) is 146 cm³/mol. The largest absolute Gasteiger partial charge is 0.497 e. The summed E-state index contributed by atoms with van der Waals surface area (Å²) < 4.78 is 6.14. The highest BCUT2D eigenvalue weighted by Gasteiger charge is 2.43. The molecule has 0 aromatic heterocycles. The Morgan fingerprint density at radius 2 is 1.71 bits per heavy atom. The van der Waals surface area contributed by atoms with Crippen LogP contribution in [0.15, 0.2) is 77.3 Å². The quantitative estimate of drug-likeness (QED) is 0.352. The van der Waals surface area contributed by atoms with E-state index in [1.165, 1.54) is 4.90 Å². The third kappa shape index (κ3) is 6.01. The molecule has 3 aromatic carbocycles. The summed E-state index contributed by atoms with van der Waals surface area (Å²) in [6, 6.07) is 21.2. The molecule has 6 nitrogen and oxygen atoms in total. The second-order valence-electron chi connectivity index (χ2n) is 8.00. The Hall–Kier alpha value is -2.94. The molecule has 0 radical (unpaired) electrons. The number of amides is 2. The normalized spacial score (nSPS) is 15.5. The van der Waals surface area contributed by atoms with Crippen LogP contribution in [-0.2, 0) is 16.0 Å². The number of ether oxygens (including phenoxy) is 1. The summed E-state index contributed by atoms with van der Waals surface area (Å²) in [7, 11) is 1.62. The Morgan fingerprint density at radius 3 is 2.34 bits per heavy atom. The van der Waals surface area contributed by atoms with E-state index in [1.807, 2.05) is 41.3 Å². The van der Waals surface area contributed by atoms with Crippen molar-refractivity contribution in [2.75, 3.05) is 23.9 Å². The SMILES string of the molecule is COc1ccc(CCN2C(=S)N(c3ccc(Cl)cc3)C(=O)C2CC(=O)Nc2ccc(Br)cc2)cc1. The minimum Gasteiger partial charge on any atom is -0.497 e. The van der Waals surface area contributed by atoms with Crippen molar-refractivity contribution >= 4 is 68.1 Å². The number of carbonyl (C=O) groups is 2. The first kappa shape index (κ1) is 25.2. The molecule has 1 N–H and O–H groups in total. The fourth-order valence-electron chi connectivity index (χ4n) is 3.88. The van der Waals surface area contributed by atoms with Crippen LogP contribution in [0.25, 0.3) is 0 Å². The number of benzene rings is 3. The van der Waals surface area contributed by atoms with Gasteiger partial charge in [0.25, 0.3) is 5.91 Å². The Bertz CT molecular complexity index is 1220. The Morgan fingerprint density at radius 1 is 1.06 bits per heavy atom. The average Bonchev–Trinajstić information content (AvgIpc) is 3.08. The van der Waals surface area contributed by atoms with Crippen molar-refractivity contribution in [2.45, 2.75) is 18.9 Å². The molecule has 9 heteroatoms. The second-order valence-corrected chi connectivity index (χ2v) is 9.72. The highest BCUT2D eigenvalue weighted by atomic mass is 79.9. The zero-order valence-electron chi connectivity index (χ0n) is 18.9. The molecule has 0 bridgehead atoms. The van der Waals surface area contributed by atoms with E-state index >= 15 is 0 Å². The Labute approximate surface area is 222 Å². The van der Waals surface area contributed by atoms with Gasteiger partial charge in [-0.3, -0.25) is 14.5 Å². The predicted octanol–water partition coefficient (Wildman–Crippen LogP) is 5.68. The van der Waals surface area contributed by atoms with Crippen molar-refractivity contribution < 1.29 is 14.3 Å². The van der Waals surface area contributed by atoms with Crippen molar-refractivity contribution in [3.63, 3.8) is 0 Å². The van der Waals surface area contributed by atoms with E-state index in [2.05, 4.69) is 21.2 Å². The van der Waals surface area contributed by atoms with Crippen LogP contribution < -0.4 is 15.0 Å². The highest BCUT2D eigenvalue weighted by molar-refractivity contribution is 9.10. The second kappa shape index (κ2) is 11.2. The molecule has 0 saturated carbocycles. The van der Waals surface area contributed by atoms with Crippen molar-refractivity contribution in [2.24, 2.45) is 0 Å². The number of carbonyl (C=O) groups excluding carboxylic acids is 2. The van der Waals surface area contributed by atoms with E-state index in [0.717, 1.165) is 15.8 Å². The van der Waals surface area contributed by atoms with E-state index in [-0.39, 0.29) is 18.2 Å². The minimum atomic E-state index is -0.716. The molecule has 0 spiro atoms. The van der Waals surface area contributed by atoms with Crippen LogP contribution in [0, 0.1) is 0 Å². The third-order valence-corrected chi connectivity index (χ3v) is 6.91. The van der Waals surface area contributed by atoms with Gasteiger partial charge in [0, 0.05) is 21.7 Å². The lowest BCUT2D eigenvalue weighted by Gasteiger charge is -2.24. The molecule has 180 valence electrons. The molecular weight excluding hydrogens is 550 g/mol. The zero-order chi connectivity index (χ0) is 24.9. The van der Waals surface area contributed by atoms with E-state index in [0.29, 0.717) is 34.5 Å². The van der Waals surface area contributed by atoms with Gasteiger partial charge in [0.1, 0.15) is 11.8 Å². The number of hydrogen-bond acceptors (Lipinski definition) is 4. The Balaban J connectivity index is 1.54. The molecule has 1 atom stereocenters. The summed E-state index contributed by atoms with van der Waals surface area (Å²) in [5, 5.41) is 3.80. The highest BCUT2D eigenvalue weighted by Crippen LogP contribution is 2.29. The van der Waals surface area contributed by atoms with Gasteiger partial charge in [-0.25, -0.2) is 0 Å². The number of thiocarbonyl (C=S) groups is 1. The summed E-state index contributed by atoms with van der Waals surface area (Å²) >= 11 is 15.1. The topological polar surface area (TPSA) is 61.9 Å². The average molecular weight is 573 g/mol. The van der Waals surface area contributed by atoms with Crippen LogP contribution >= 0.6 is 39.7 Å². The molecule has 0 aliphatic carbocycles. The van der Waals surface area contributed by atoms with Gasteiger partial charge in [-0.1, -0.05) is 39.7 Å². The van der Waals surface area contributed by atoms with Gasteiger partial charge in [0.05, 0.1) is 19.2 Å². The monoisotopic (exact) mass is 571 g/mol. The lowest BCUT2D eigenvalue weighted by molar-refractivity contribution is -0.124. The number of halogens is 2. The molecule has 1 fully saturated rings. The van der Waals surface area contributed by atoms with E-state index in [9.17, 15) is 9.59 Å². The van der Waals surface area contributed by atoms with Gasteiger partial charge in [-0.15, -0.1) is 0 Å². The maximum atomic E-state index is 13.5. The number of nitrogens with zero attached hydrogens (tertiary/aromatic N) is 2. The molecule has 1 aliphatic heterocycles. The van der Waals surface area contributed by atoms with Gasteiger partial charge in [-0.2, -0.15) is 0 Å².